The molecule has 0 spiro atoms. The third-order valence-corrected chi connectivity index (χ3v) is 4.18. The number of halogens is 1. The second-order valence-electron chi connectivity index (χ2n) is 6.04. The number of hydrogen-bond donors (Lipinski definition) is 2. The van der Waals surface area contributed by atoms with Crippen molar-refractivity contribution in [3.8, 4) is 0 Å². The van der Waals surface area contributed by atoms with Gasteiger partial charge in [-0.1, -0.05) is 18.2 Å². The largest absolute Gasteiger partial charge is 0.357 e. The first-order valence-corrected chi connectivity index (χ1v) is 9.48. The molecule has 1 aromatic carbocycles. The summed E-state index contributed by atoms with van der Waals surface area (Å²) in [5.41, 5.74) is 2.73. The zero-order valence-corrected chi connectivity index (χ0v) is 19.1. The Kier molecular flexibility index (Phi) is 11.2. The van der Waals surface area contributed by atoms with Gasteiger partial charge in [-0.2, -0.15) is 0 Å². The molecular weight excluding hydrogens is 465 g/mol. The van der Waals surface area contributed by atoms with Crippen LogP contribution in [0.2, 0.25) is 0 Å². The molecule has 0 unspecified atom stereocenters. The molecule has 7 heteroatoms. The lowest BCUT2D eigenvalue weighted by Gasteiger charge is -2.18. The van der Waals surface area contributed by atoms with E-state index in [0.717, 1.165) is 36.9 Å². The topological polar surface area (TPSA) is 69.6 Å². The highest BCUT2D eigenvalue weighted by atomic mass is 127. The van der Waals surface area contributed by atoms with E-state index in [1.807, 2.05) is 68.1 Å². The van der Waals surface area contributed by atoms with Crippen molar-refractivity contribution in [2.75, 3.05) is 19.6 Å². The van der Waals surface area contributed by atoms with Gasteiger partial charge < -0.3 is 15.5 Å². The van der Waals surface area contributed by atoms with Crippen molar-refractivity contribution >= 4 is 35.8 Å². The highest BCUT2D eigenvalue weighted by Crippen LogP contribution is 2.09. The van der Waals surface area contributed by atoms with Gasteiger partial charge in [-0.25, -0.2) is 4.99 Å². The van der Waals surface area contributed by atoms with Crippen LogP contribution in [-0.2, 0) is 13.1 Å². The molecule has 0 aliphatic rings. The lowest BCUT2D eigenvalue weighted by molar-refractivity contribution is 0.0773. The highest BCUT2D eigenvalue weighted by molar-refractivity contribution is 14.0. The molecule has 0 saturated carbocycles. The van der Waals surface area contributed by atoms with E-state index >= 15 is 0 Å². The molecular formula is C21H30IN5O. The first kappa shape index (κ1) is 23.9. The summed E-state index contributed by atoms with van der Waals surface area (Å²) in [5, 5.41) is 6.52. The number of aliphatic imine (C=N–C) groups is 1. The summed E-state index contributed by atoms with van der Waals surface area (Å²) >= 11 is 0. The van der Waals surface area contributed by atoms with Gasteiger partial charge in [-0.3, -0.25) is 9.78 Å². The fraction of sp³-hybridized carbons (Fsp3) is 0.381. The van der Waals surface area contributed by atoms with Gasteiger partial charge in [0, 0.05) is 31.4 Å². The number of guanidine groups is 1. The van der Waals surface area contributed by atoms with Crippen LogP contribution in [0, 0.1) is 0 Å². The van der Waals surface area contributed by atoms with Crippen LogP contribution >= 0.6 is 24.0 Å². The number of hydrogen-bond acceptors (Lipinski definition) is 3. The molecule has 0 atom stereocenters. The van der Waals surface area contributed by atoms with E-state index in [-0.39, 0.29) is 29.9 Å². The summed E-state index contributed by atoms with van der Waals surface area (Å²) in [4.78, 5) is 23.1. The minimum Gasteiger partial charge on any atom is -0.357 e. The van der Waals surface area contributed by atoms with Crippen molar-refractivity contribution in [2.24, 2.45) is 4.99 Å². The number of rotatable bonds is 8. The van der Waals surface area contributed by atoms with E-state index < -0.39 is 0 Å². The summed E-state index contributed by atoms with van der Waals surface area (Å²) in [6.07, 6.45) is 1.78. The number of nitrogens with zero attached hydrogens (tertiary/aromatic N) is 3. The zero-order chi connectivity index (χ0) is 19.5. The predicted molar refractivity (Wildman–Crippen MR) is 125 cm³/mol. The predicted octanol–water partition coefficient (Wildman–Crippen LogP) is 3.44. The van der Waals surface area contributed by atoms with Crippen molar-refractivity contribution in [2.45, 2.75) is 33.9 Å². The highest BCUT2D eigenvalue weighted by Gasteiger charge is 2.11. The number of nitrogens with one attached hydrogen (secondary N) is 2. The van der Waals surface area contributed by atoms with E-state index in [9.17, 15) is 4.79 Å². The van der Waals surface area contributed by atoms with Gasteiger partial charge in [0.05, 0.1) is 18.8 Å². The Balaban J connectivity index is 0.00000392. The first-order valence-electron chi connectivity index (χ1n) is 9.48. The summed E-state index contributed by atoms with van der Waals surface area (Å²) in [7, 11) is 0. The maximum absolute atomic E-state index is 12.4. The van der Waals surface area contributed by atoms with Gasteiger partial charge in [0.25, 0.3) is 5.91 Å². The van der Waals surface area contributed by atoms with Gasteiger partial charge in [0.1, 0.15) is 0 Å². The molecule has 0 radical (unpaired) electrons. The minimum absolute atomic E-state index is 0. The minimum atomic E-state index is 0. The fourth-order valence-corrected chi connectivity index (χ4v) is 2.64. The Morgan fingerprint density at radius 2 is 1.75 bits per heavy atom. The third kappa shape index (κ3) is 7.46. The van der Waals surface area contributed by atoms with E-state index in [2.05, 4.69) is 20.6 Å². The number of aromatic nitrogens is 1. The third-order valence-electron chi connectivity index (χ3n) is 4.18. The summed E-state index contributed by atoms with van der Waals surface area (Å²) in [6.45, 7) is 9.39. The molecule has 152 valence electrons. The zero-order valence-electron chi connectivity index (χ0n) is 16.8. The Hall–Kier alpha value is -2.16. The standard InChI is InChI=1S/C21H29N5O.HI/c1-4-22-21(25-16-19-9-7-8-14-23-19)24-15-17-10-12-18(13-11-17)20(27)26(5-2)6-3;/h7-14H,4-6,15-16H2,1-3H3,(H2,22,24,25);1H. The number of amides is 1. The molecule has 1 amide bonds. The molecule has 28 heavy (non-hydrogen) atoms. The average molecular weight is 495 g/mol. The molecule has 0 saturated heterocycles. The lowest BCUT2D eigenvalue weighted by atomic mass is 10.1. The van der Waals surface area contributed by atoms with E-state index in [1.165, 1.54) is 0 Å². The first-order chi connectivity index (χ1) is 13.2. The number of pyridine rings is 1. The number of carbonyl (C=O) groups excluding carboxylic acids is 1. The van der Waals surface area contributed by atoms with Crippen LogP contribution in [-0.4, -0.2) is 41.4 Å². The normalized spacial score (nSPS) is 10.8. The monoisotopic (exact) mass is 495 g/mol. The Morgan fingerprint density at radius 3 is 2.32 bits per heavy atom. The van der Waals surface area contributed by atoms with E-state index in [1.54, 1.807) is 6.20 Å². The van der Waals surface area contributed by atoms with Crippen LogP contribution in [0.4, 0.5) is 0 Å². The van der Waals surface area contributed by atoms with Crippen molar-refractivity contribution in [1.29, 1.82) is 0 Å². The van der Waals surface area contributed by atoms with Crippen LogP contribution in [0.15, 0.2) is 53.7 Å². The maximum atomic E-state index is 12.4. The molecule has 6 nitrogen and oxygen atoms in total. The Labute approximate surface area is 184 Å². The van der Waals surface area contributed by atoms with Gasteiger partial charge >= 0.3 is 0 Å². The quantitative estimate of drug-likeness (QED) is 0.335. The van der Waals surface area contributed by atoms with Gasteiger partial charge in [-0.05, 0) is 50.6 Å². The Bertz CT molecular complexity index is 730. The summed E-state index contributed by atoms with van der Waals surface area (Å²) in [6, 6.07) is 13.5. The van der Waals surface area contributed by atoms with Crippen LogP contribution in [0.5, 0.6) is 0 Å². The Morgan fingerprint density at radius 1 is 1.04 bits per heavy atom. The van der Waals surface area contributed by atoms with E-state index in [4.69, 9.17) is 0 Å². The molecule has 2 N–H and O–H groups in total. The van der Waals surface area contributed by atoms with Crippen LogP contribution in [0.3, 0.4) is 0 Å². The molecule has 2 rings (SSSR count). The summed E-state index contributed by atoms with van der Waals surface area (Å²) < 4.78 is 0. The van der Waals surface area contributed by atoms with E-state index in [0.29, 0.717) is 18.7 Å². The smallest absolute Gasteiger partial charge is 0.253 e. The van der Waals surface area contributed by atoms with Gasteiger partial charge in [0.15, 0.2) is 5.96 Å². The van der Waals surface area contributed by atoms with Crippen molar-refractivity contribution < 1.29 is 4.79 Å². The van der Waals surface area contributed by atoms with Crippen molar-refractivity contribution in [3.05, 3.63) is 65.5 Å². The van der Waals surface area contributed by atoms with Gasteiger partial charge in [-0.15, -0.1) is 24.0 Å². The van der Waals surface area contributed by atoms with Crippen LogP contribution < -0.4 is 10.6 Å². The molecule has 0 aliphatic carbocycles. The van der Waals surface area contributed by atoms with Crippen molar-refractivity contribution in [1.82, 2.24) is 20.5 Å². The molecule has 1 heterocycles. The number of carbonyl (C=O) groups is 1. The van der Waals surface area contributed by atoms with Gasteiger partial charge in [0.2, 0.25) is 0 Å². The van der Waals surface area contributed by atoms with Crippen LogP contribution in [0.1, 0.15) is 42.4 Å². The van der Waals surface area contributed by atoms with Crippen molar-refractivity contribution in [3.63, 3.8) is 0 Å². The second kappa shape index (κ2) is 13.1. The van der Waals surface area contributed by atoms with Crippen LogP contribution in [0.25, 0.3) is 0 Å². The lowest BCUT2D eigenvalue weighted by Crippen LogP contribution is -2.37. The molecule has 2 aromatic rings. The second-order valence-corrected chi connectivity index (χ2v) is 6.04. The molecule has 1 aromatic heterocycles. The molecule has 0 bridgehead atoms. The average Bonchev–Trinajstić information content (AvgIpc) is 2.72. The molecule has 0 fully saturated rings. The number of benzene rings is 1. The SMILES string of the molecule is CCNC(=NCc1ccc(C(=O)N(CC)CC)cc1)NCc1ccccn1.I. The maximum Gasteiger partial charge on any atom is 0.253 e. The molecule has 0 aliphatic heterocycles. The summed E-state index contributed by atoms with van der Waals surface area (Å²) in [5.74, 6) is 0.812. The fourth-order valence-electron chi connectivity index (χ4n) is 2.64.